The summed E-state index contributed by atoms with van der Waals surface area (Å²) < 4.78 is 1.95. The standard InChI is InChI=1S/C23H26N6OS/c1-15(2)23(5,14-24)26-20(30)13-31-22-28-27-21(18-7-6-10-25-12-18)29(22)19-9-8-16(3)11-17(19)4/h6-12,15H,13H2,1-5H3,(H,26,30). The van der Waals surface area contributed by atoms with Crippen LogP contribution in [0.4, 0.5) is 0 Å². The van der Waals surface area contributed by atoms with Crippen LogP contribution >= 0.6 is 11.8 Å². The molecule has 1 N–H and O–H groups in total. The molecule has 31 heavy (non-hydrogen) atoms. The highest BCUT2D eigenvalue weighted by Crippen LogP contribution is 2.29. The van der Waals surface area contributed by atoms with E-state index in [4.69, 9.17) is 0 Å². The number of nitrogens with one attached hydrogen (secondary N) is 1. The average Bonchev–Trinajstić information content (AvgIpc) is 3.16. The molecule has 8 heteroatoms. The lowest BCUT2D eigenvalue weighted by Gasteiger charge is -2.27. The molecule has 0 radical (unpaired) electrons. The second-order valence-corrected chi connectivity index (χ2v) is 8.92. The first-order valence-electron chi connectivity index (χ1n) is 10.0. The van der Waals surface area contributed by atoms with Crippen molar-refractivity contribution in [1.29, 1.82) is 5.26 Å². The number of thioether (sulfide) groups is 1. The number of pyridine rings is 1. The Morgan fingerprint density at radius 2 is 2.06 bits per heavy atom. The molecule has 160 valence electrons. The molecular formula is C23H26N6OS. The molecule has 0 bridgehead atoms. The van der Waals surface area contributed by atoms with Crippen LogP contribution in [0.15, 0.2) is 47.9 Å². The molecule has 0 saturated heterocycles. The Kier molecular flexibility index (Phi) is 6.76. The summed E-state index contributed by atoms with van der Waals surface area (Å²) in [4.78, 5) is 16.8. The largest absolute Gasteiger partial charge is 0.337 e. The maximum Gasteiger partial charge on any atom is 0.231 e. The Labute approximate surface area is 186 Å². The Morgan fingerprint density at radius 1 is 1.29 bits per heavy atom. The van der Waals surface area contributed by atoms with E-state index < -0.39 is 5.54 Å². The summed E-state index contributed by atoms with van der Waals surface area (Å²) in [6, 6.07) is 12.2. The predicted molar refractivity (Wildman–Crippen MR) is 122 cm³/mol. The quantitative estimate of drug-likeness (QED) is 0.563. The lowest BCUT2D eigenvalue weighted by atomic mass is 9.90. The van der Waals surface area contributed by atoms with Crippen molar-refractivity contribution in [1.82, 2.24) is 25.1 Å². The molecule has 1 amide bonds. The van der Waals surface area contributed by atoms with Gasteiger partial charge in [0.15, 0.2) is 11.0 Å². The maximum absolute atomic E-state index is 12.6. The van der Waals surface area contributed by atoms with Crippen LogP contribution in [0.1, 0.15) is 31.9 Å². The highest BCUT2D eigenvalue weighted by atomic mass is 32.2. The Morgan fingerprint density at radius 3 is 2.68 bits per heavy atom. The van der Waals surface area contributed by atoms with Gasteiger partial charge in [0.1, 0.15) is 5.54 Å². The molecule has 0 fully saturated rings. The Balaban J connectivity index is 1.93. The van der Waals surface area contributed by atoms with Crippen LogP contribution in [0.5, 0.6) is 0 Å². The molecule has 0 aliphatic carbocycles. The number of amides is 1. The van der Waals surface area contributed by atoms with Gasteiger partial charge in [0.2, 0.25) is 5.91 Å². The fraction of sp³-hybridized carbons (Fsp3) is 0.348. The second-order valence-electron chi connectivity index (χ2n) is 7.98. The van der Waals surface area contributed by atoms with Crippen molar-refractivity contribution in [2.75, 3.05) is 5.75 Å². The average molecular weight is 435 g/mol. The van der Waals surface area contributed by atoms with Crippen LogP contribution in [0.2, 0.25) is 0 Å². The van der Waals surface area contributed by atoms with E-state index in [0.717, 1.165) is 22.4 Å². The van der Waals surface area contributed by atoms with Gasteiger partial charge in [0.05, 0.1) is 17.5 Å². The van der Waals surface area contributed by atoms with E-state index in [1.165, 1.54) is 11.8 Å². The molecule has 7 nitrogen and oxygen atoms in total. The number of carbonyl (C=O) groups excluding carboxylic acids is 1. The molecule has 2 heterocycles. The first kappa shape index (κ1) is 22.5. The van der Waals surface area contributed by atoms with Crippen LogP contribution < -0.4 is 5.32 Å². The number of nitriles is 1. The summed E-state index contributed by atoms with van der Waals surface area (Å²) >= 11 is 1.29. The minimum atomic E-state index is -0.917. The number of carbonyl (C=O) groups is 1. The fourth-order valence-corrected chi connectivity index (χ4v) is 3.82. The molecule has 2 aromatic heterocycles. The van der Waals surface area contributed by atoms with E-state index in [0.29, 0.717) is 11.0 Å². The number of hydrogen-bond donors (Lipinski definition) is 1. The number of rotatable bonds is 7. The van der Waals surface area contributed by atoms with Crippen molar-refractivity contribution in [2.24, 2.45) is 5.92 Å². The first-order chi connectivity index (χ1) is 14.7. The van der Waals surface area contributed by atoms with Crippen LogP contribution in [0.25, 0.3) is 17.1 Å². The van der Waals surface area contributed by atoms with Crippen LogP contribution in [0, 0.1) is 31.1 Å². The third-order valence-corrected chi connectivity index (χ3v) is 6.19. The molecule has 3 aromatic rings. The van der Waals surface area contributed by atoms with Gasteiger partial charge in [-0.2, -0.15) is 5.26 Å². The number of benzene rings is 1. The number of nitrogens with zero attached hydrogens (tertiary/aromatic N) is 5. The van der Waals surface area contributed by atoms with Gasteiger partial charge in [-0.1, -0.05) is 43.3 Å². The second kappa shape index (κ2) is 9.31. The van der Waals surface area contributed by atoms with Crippen LogP contribution in [-0.2, 0) is 4.79 Å². The molecule has 0 spiro atoms. The van der Waals surface area contributed by atoms with Crippen LogP contribution in [0.3, 0.4) is 0 Å². The SMILES string of the molecule is Cc1ccc(-n2c(SCC(=O)NC(C)(C#N)C(C)C)nnc2-c2cccnc2)c(C)c1. The van der Waals surface area contributed by atoms with Crippen molar-refractivity contribution in [2.45, 2.75) is 45.3 Å². The van der Waals surface area contributed by atoms with E-state index in [1.807, 2.05) is 56.5 Å². The molecule has 3 rings (SSSR count). The van der Waals surface area contributed by atoms with Crippen molar-refractivity contribution >= 4 is 17.7 Å². The van der Waals surface area contributed by atoms with Gasteiger partial charge in [0, 0.05) is 18.0 Å². The van der Waals surface area contributed by atoms with E-state index >= 15 is 0 Å². The Bertz CT molecular complexity index is 1120. The van der Waals surface area contributed by atoms with E-state index in [9.17, 15) is 10.1 Å². The van der Waals surface area contributed by atoms with Gasteiger partial charge in [-0.05, 0) is 50.5 Å². The number of aromatic nitrogens is 4. The van der Waals surface area contributed by atoms with Crippen molar-refractivity contribution < 1.29 is 4.79 Å². The molecule has 1 atom stereocenters. The van der Waals surface area contributed by atoms with Gasteiger partial charge in [-0.25, -0.2) is 0 Å². The third-order valence-electron chi connectivity index (χ3n) is 5.26. The summed E-state index contributed by atoms with van der Waals surface area (Å²) in [5, 5.41) is 21.7. The van der Waals surface area contributed by atoms with Crippen molar-refractivity contribution in [3.05, 3.63) is 53.9 Å². The highest BCUT2D eigenvalue weighted by Gasteiger charge is 2.30. The van der Waals surface area contributed by atoms with E-state index in [2.05, 4.69) is 32.6 Å². The summed E-state index contributed by atoms with van der Waals surface area (Å²) in [5.41, 5.74) is 3.10. The summed E-state index contributed by atoms with van der Waals surface area (Å²) in [7, 11) is 0. The van der Waals surface area contributed by atoms with E-state index in [-0.39, 0.29) is 17.6 Å². The lowest BCUT2D eigenvalue weighted by molar-refractivity contribution is -0.120. The molecule has 1 aromatic carbocycles. The zero-order chi connectivity index (χ0) is 22.6. The zero-order valence-corrected chi connectivity index (χ0v) is 19.2. The van der Waals surface area contributed by atoms with E-state index in [1.54, 1.807) is 19.3 Å². The van der Waals surface area contributed by atoms with Crippen molar-refractivity contribution in [3.63, 3.8) is 0 Å². The highest BCUT2D eigenvalue weighted by molar-refractivity contribution is 7.99. The molecular weight excluding hydrogens is 408 g/mol. The summed E-state index contributed by atoms with van der Waals surface area (Å²) in [6.07, 6.45) is 3.45. The summed E-state index contributed by atoms with van der Waals surface area (Å²) in [5.74, 6) is 0.551. The monoisotopic (exact) mass is 434 g/mol. The minimum absolute atomic E-state index is 0.0116. The van der Waals surface area contributed by atoms with Gasteiger partial charge < -0.3 is 5.32 Å². The normalized spacial score (nSPS) is 12.9. The molecule has 0 aliphatic heterocycles. The van der Waals surface area contributed by atoms with Crippen LogP contribution in [-0.4, -0.2) is 36.9 Å². The molecule has 1 unspecified atom stereocenters. The minimum Gasteiger partial charge on any atom is -0.337 e. The van der Waals surface area contributed by atoms with Gasteiger partial charge in [0.25, 0.3) is 0 Å². The fourth-order valence-electron chi connectivity index (χ4n) is 3.08. The number of aryl methyl sites for hydroxylation is 2. The summed E-state index contributed by atoms with van der Waals surface area (Å²) in [6.45, 7) is 9.64. The maximum atomic E-state index is 12.6. The molecule has 0 saturated carbocycles. The third kappa shape index (κ3) is 4.94. The van der Waals surface area contributed by atoms with Gasteiger partial charge in [-0.15, -0.1) is 10.2 Å². The molecule has 0 aliphatic rings. The zero-order valence-electron chi connectivity index (χ0n) is 18.4. The number of hydrogen-bond acceptors (Lipinski definition) is 6. The van der Waals surface area contributed by atoms with Gasteiger partial charge >= 0.3 is 0 Å². The Hall–Kier alpha value is -3.18. The smallest absolute Gasteiger partial charge is 0.231 e. The first-order valence-corrected chi connectivity index (χ1v) is 11.0. The van der Waals surface area contributed by atoms with Gasteiger partial charge in [-0.3, -0.25) is 14.3 Å². The predicted octanol–water partition coefficient (Wildman–Crippen LogP) is 4.09. The lowest BCUT2D eigenvalue weighted by Crippen LogP contribution is -2.49. The van der Waals surface area contributed by atoms with Crippen molar-refractivity contribution in [3.8, 4) is 23.1 Å². The topological polar surface area (TPSA) is 96.5 Å².